The Labute approximate surface area is 176 Å². The molecule has 0 radical (unpaired) electrons. The summed E-state index contributed by atoms with van der Waals surface area (Å²) < 4.78 is 0. The van der Waals surface area contributed by atoms with Crippen molar-refractivity contribution < 1.29 is 19.5 Å². The number of amides is 2. The van der Waals surface area contributed by atoms with Crippen LogP contribution in [-0.4, -0.2) is 44.9 Å². The van der Waals surface area contributed by atoms with Gasteiger partial charge in [0.2, 0.25) is 5.91 Å². The number of nitrogens with one attached hydrogen (secondary N) is 2. The fraction of sp³-hybridized carbons (Fsp3) is 0.409. The first kappa shape index (κ1) is 23.0. The van der Waals surface area contributed by atoms with Crippen LogP contribution in [0.4, 0.5) is 0 Å². The van der Waals surface area contributed by atoms with Crippen molar-refractivity contribution in [2.45, 2.75) is 52.1 Å². The van der Waals surface area contributed by atoms with Gasteiger partial charge in [-0.2, -0.15) is 0 Å². The van der Waals surface area contributed by atoms with Crippen LogP contribution in [0, 0.1) is 5.41 Å². The summed E-state index contributed by atoms with van der Waals surface area (Å²) >= 11 is 0. The van der Waals surface area contributed by atoms with Crippen LogP contribution in [0.3, 0.4) is 0 Å². The lowest BCUT2D eigenvalue weighted by Crippen LogP contribution is -2.52. The molecule has 1 heterocycles. The van der Waals surface area contributed by atoms with Crippen molar-refractivity contribution >= 4 is 17.8 Å². The fourth-order valence-corrected chi connectivity index (χ4v) is 2.81. The Kier molecular flexibility index (Phi) is 8.03. The van der Waals surface area contributed by atoms with Crippen molar-refractivity contribution in [2.24, 2.45) is 5.41 Å². The van der Waals surface area contributed by atoms with Gasteiger partial charge in [0, 0.05) is 18.8 Å². The Morgan fingerprint density at radius 2 is 1.73 bits per heavy atom. The zero-order chi connectivity index (χ0) is 22.1. The molecule has 1 aromatic carbocycles. The number of aliphatic carboxylic acids is 1. The smallest absolute Gasteiger partial charge is 0.326 e. The highest BCUT2D eigenvalue weighted by atomic mass is 16.4. The van der Waals surface area contributed by atoms with Gasteiger partial charge in [-0.25, -0.2) is 9.78 Å². The van der Waals surface area contributed by atoms with E-state index >= 15 is 0 Å². The molecule has 0 aliphatic carbocycles. The third kappa shape index (κ3) is 7.62. The number of rotatable bonds is 9. The molecule has 0 aliphatic heterocycles. The summed E-state index contributed by atoms with van der Waals surface area (Å²) in [7, 11) is 0. The SMILES string of the molecule is CC(C)(C)CCC(NC(=O)[C@H](Cc1ccccc1)NC(=O)c1cnccn1)C(=O)O. The maximum absolute atomic E-state index is 12.9. The van der Waals surface area contributed by atoms with Crippen LogP contribution >= 0.6 is 0 Å². The summed E-state index contributed by atoms with van der Waals surface area (Å²) in [6, 6.07) is 7.19. The van der Waals surface area contributed by atoms with E-state index in [1.807, 2.05) is 51.1 Å². The lowest BCUT2D eigenvalue weighted by atomic mass is 9.88. The maximum atomic E-state index is 12.9. The molecule has 2 atom stereocenters. The molecule has 8 nitrogen and oxygen atoms in total. The molecule has 0 saturated heterocycles. The van der Waals surface area contributed by atoms with Gasteiger partial charge < -0.3 is 15.7 Å². The van der Waals surface area contributed by atoms with E-state index in [9.17, 15) is 19.5 Å². The first-order chi connectivity index (χ1) is 14.2. The Bertz CT molecular complexity index is 850. The van der Waals surface area contributed by atoms with Crippen LogP contribution in [0.15, 0.2) is 48.9 Å². The Morgan fingerprint density at radius 3 is 2.30 bits per heavy atom. The minimum atomic E-state index is -1.11. The molecule has 0 spiro atoms. The Balaban J connectivity index is 2.16. The Morgan fingerprint density at radius 1 is 1.03 bits per heavy atom. The van der Waals surface area contributed by atoms with Gasteiger partial charge in [-0.3, -0.25) is 14.6 Å². The number of carboxylic acids is 1. The molecular weight excluding hydrogens is 384 g/mol. The topological polar surface area (TPSA) is 121 Å². The predicted molar refractivity (Wildman–Crippen MR) is 112 cm³/mol. The third-order valence-corrected chi connectivity index (χ3v) is 4.50. The molecule has 1 aromatic heterocycles. The van der Waals surface area contributed by atoms with Gasteiger partial charge in [-0.15, -0.1) is 0 Å². The Hall–Kier alpha value is -3.29. The van der Waals surface area contributed by atoms with Crippen LogP contribution in [0.1, 0.15) is 49.7 Å². The molecular formula is C22H28N4O4. The number of benzene rings is 1. The van der Waals surface area contributed by atoms with Crippen LogP contribution in [0.5, 0.6) is 0 Å². The first-order valence-electron chi connectivity index (χ1n) is 9.80. The van der Waals surface area contributed by atoms with E-state index in [2.05, 4.69) is 20.6 Å². The van der Waals surface area contributed by atoms with Crippen molar-refractivity contribution in [1.82, 2.24) is 20.6 Å². The van der Waals surface area contributed by atoms with Crippen LogP contribution in [0.25, 0.3) is 0 Å². The van der Waals surface area contributed by atoms with Crippen molar-refractivity contribution in [3.63, 3.8) is 0 Å². The quantitative estimate of drug-likeness (QED) is 0.581. The maximum Gasteiger partial charge on any atom is 0.326 e. The molecule has 0 aliphatic rings. The monoisotopic (exact) mass is 412 g/mol. The molecule has 160 valence electrons. The summed E-state index contributed by atoms with van der Waals surface area (Å²) in [5, 5.41) is 14.8. The normalized spacial score (nSPS) is 13.2. The largest absolute Gasteiger partial charge is 0.480 e. The minimum absolute atomic E-state index is 0.0674. The molecule has 1 unspecified atom stereocenters. The molecule has 0 fully saturated rings. The predicted octanol–water partition coefficient (Wildman–Crippen LogP) is 2.21. The summed E-state index contributed by atoms with van der Waals surface area (Å²) in [5.74, 6) is -2.22. The summed E-state index contributed by atoms with van der Waals surface area (Å²) in [4.78, 5) is 44.9. The second kappa shape index (κ2) is 10.5. The van der Waals surface area contributed by atoms with Gasteiger partial charge >= 0.3 is 5.97 Å². The van der Waals surface area contributed by atoms with E-state index in [-0.39, 0.29) is 17.5 Å². The molecule has 0 bridgehead atoms. The van der Waals surface area contributed by atoms with Crippen LogP contribution in [0.2, 0.25) is 0 Å². The van der Waals surface area contributed by atoms with Crippen molar-refractivity contribution in [2.75, 3.05) is 0 Å². The second-order valence-corrected chi connectivity index (χ2v) is 8.31. The van der Waals surface area contributed by atoms with Crippen LogP contribution in [-0.2, 0) is 16.0 Å². The number of carboxylic acid groups (broad SMARTS) is 1. The summed E-state index contributed by atoms with van der Waals surface area (Å²) in [6.07, 6.45) is 5.26. The number of hydrogen-bond acceptors (Lipinski definition) is 5. The third-order valence-electron chi connectivity index (χ3n) is 4.50. The van der Waals surface area contributed by atoms with Gasteiger partial charge in [-0.1, -0.05) is 51.1 Å². The molecule has 2 amide bonds. The van der Waals surface area contributed by atoms with Gasteiger partial charge in [0.05, 0.1) is 6.20 Å². The van der Waals surface area contributed by atoms with Crippen molar-refractivity contribution in [1.29, 1.82) is 0 Å². The molecule has 30 heavy (non-hydrogen) atoms. The number of aromatic nitrogens is 2. The van der Waals surface area contributed by atoms with E-state index in [4.69, 9.17) is 0 Å². The molecule has 0 saturated carbocycles. The van der Waals surface area contributed by atoms with E-state index < -0.39 is 29.9 Å². The van der Waals surface area contributed by atoms with Crippen LogP contribution < -0.4 is 10.6 Å². The lowest BCUT2D eigenvalue weighted by Gasteiger charge is -2.24. The van der Waals surface area contributed by atoms with Crippen molar-refractivity contribution in [3.8, 4) is 0 Å². The van der Waals surface area contributed by atoms with Gasteiger partial charge in [-0.05, 0) is 23.8 Å². The van der Waals surface area contributed by atoms with Gasteiger partial charge in [0.1, 0.15) is 17.8 Å². The molecule has 3 N–H and O–H groups in total. The average molecular weight is 412 g/mol. The highest BCUT2D eigenvalue weighted by Crippen LogP contribution is 2.21. The lowest BCUT2D eigenvalue weighted by molar-refractivity contribution is -0.142. The van der Waals surface area contributed by atoms with Crippen molar-refractivity contribution in [3.05, 3.63) is 60.2 Å². The number of carbonyl (C=O) groups is 3. The second-order valence-electron chi connectivity index (χ2n) is 8.31. The number of carbonyl (C=O) groups excluding carboxylic acids is 2. The summed E-state index contributed by atoms with van der Waals surface area (Å²) in [6.45, 7) is 6.02. The summed E-state index contributed by atoms with van der Waals surface area (Å²) in [5.41, 5.74) is 0.840. The van der Waals surface area contributed by atoms with E-state index in [1.165, 1.54) is 18.6 Å². The zero-order valence-corrected chi connectivity index (χ0v) is 17.5. The van der Waals surface area contributed by atoms with Gasteiger partial charge in [0.25, 0.3) is 5.91 Å². The zero-order valence-electron chi connectivity index (χ0n) is 17.5. The van der Waals surface area contributed by atoms with Gasteiger partial charge in [0.15, 0.2) is 0 Å². The fourth-order valence-electron chi connectivity index (χ4n) is 2.81. The highest BCUT2D eigenvalue weighted by molar-refractivity contribution is 5.96. The minimum Gasteiger partial charge on any atom is -0.480 e. The highest BCUT2D eigenvalue weighted by Gasteiger charge is 2.28. The molecule has 2 rings (SSSR count). The average Bonchev–Trinajstić information content (AvgIpc) is 2.71. The van der Waals surface area contributed by atoms with E-state index in [0.717, 1.165) is 5.56 Å². The standard InChI is InChI=1S/C22H28N4O4/c1-22(2,3)10-9-16(21(29)30)25-19(27)17(13-15-7-5-4-6-8-15)26-20(28)18-14-23-11-12-24-18/h4-8,11-12,14,16-17H,9-10,13H2,1-3H3,(H,25,27)(H,26,28)(H,29,30)/t16?,17-/m0/s1. The van der Waals surface area contributed by atoms with E-state index in [1.54, 1.807) is 0 Å². The molecule has 8 heteroatoms. The van der Waals surface area contributed by atoms with E-state index in [0.29, 0.717) is 12.8 Å². The first-order valence-corrected chi connectivity index (χ1v) is 9.80. The number of nitrogens with zero attached hydrogens (tertiary/aromatic N) is 2. The number of hydrogen-bond donors (Lipinski definition) is 3. The molecule has 2 aromatic rings.